The molecule has 0 amide bonds. The molecular formula is C5H5O4. The van der Waals surface area contributed by atoms with Gasteiger partial charge >= 0.3 is 18.0 Å². The Balaban J connectivity index is 2.28. The molecule has 1 fully saturated rings. The van der Waals surface area contributed by atoms with Gasteiger partial charge in [-0.3, -0.25) is 0 Å². The van der Waals surface area contributed by atoms with Crippen LogP contribution < -0.4 is 0 Å². The first-order valence-electron chi connectivity index (χ1n) is 2.52. The lowest BCUT2D eigenvalue weighted by atomic mass is 10.5. The summed E-state index contributed by atoms with van der Waals surface area (Å²) in [4.78, 5) is 20.5. The second kappa shape index (κ2) is 2.05. The van der Waals surface area contributed by atoms with E-state index in [9.17, 15) is 9.59 Å². The van der Waals surface area contributed by atoms with Gasteiger partial charge in [-0.25, -0.2) is 9.59 Å². The molecule has 4 heteroatoms. The molecule has 0 unspecified atom stereocenters. The molecule has 0 N–H and O–H groups in total. The Hall–Kier alpha value is -1.06. The average molecular weight is 129 g/mol. The molecule has 1 rings (SSSR count). The number of epoxide rings is 1. The lowest BCUT2D eigenvalue weighted by Gasteiger charge is -1.91. The number of esters is 1. The largest absolute Gasteiger partial charge is 0.462 e. The molecule has 1 heterocycles. The van der Waals surface area contributed by atoms with E-state index in [-0.39, 0.29) is 12.7 Å². The molecule has 9 heavy (non-hydrogen) atoms. The number of carbonyl (C=O) groups is 2. The Bertz CT molecular complexity index is 151. The summed E-state index contributed by atoms with van der Waals surface area (Å²) in [6, 6.07) is 0. The Labute approximate surface area is 51.7 Å². The number of rotatable bonds is 2. The Morgan fingerprint density at radius 2 is 2.33 bits per heavy atom. The maximum absolute atomic E-state index is 10.4. The zero-order chi connectivity index (χ0) is 6.85. The van der Waals surface area contributed by atoms with Gasteiger partial charge in [-0.2, -0.15) is 0 Å². The standard InChI is InChI=1S/C5H5O4/c1-2-8-4(6)3-5(7)9-3/h2H2,1H3. The highest BCUT2D eigenvalue weighted by Crippen LogP contribution is 2.22. The number of hydrogen-bond acceptors (Lipinski definition) is 4. The van der Waals surface area contributed by atoms with E-state index in [1.807, 2.05) is 0 Å². The van der Waals surface area contributed by atoms with Crippen LogP contribution in [0.4, 0.5) is 0 Å². The van der Waals surface area contributed by atoms with Crippen molar-refractivity contribution in [3.63, 3.8) is 0 Å². The van der Waals surface area contributed by atoms with E-state index in [0.717, 1.165) is 0 Å². The normalized spacial score (nSPS) is 16.8. The van der Waals surface area contributed by atoms with Gasteiger partial charge in [0.1, 0.15) is 0 Å². The summed E-state index contributed by atoms with van der Waals surface area (Å²) in [5.41, 5.74) is 0. The van der Waals surface area contributed by atoms with Gasteiger partial charge in [0.05, 0.1) is 6.61 Å². The van der Waals surface area contributed by atoms with Crippen molar-refractivity contribution in [3.05, 3.63) is 6.10 Å². The van der Waals surface area contributed by atoms with E-state index < -0.39 is 11.9 Å². The van der Waals surface area contributed by atoms with E-state index in [1.54, 1.807) is 6.92 Å². The molecule has 1 radical (unpaired) electrons. The van der Waals surface area contributed by atoms with Crippen LogP contribution in [0.1, 0.15) is 6.92 Å². The van der Waals surface area contributed by atoms with E-state index in [0.29, 0.717) is 0 Å². The summed E-state index contributed by atoms with van der Waals surface area (Å²) < 4.78 is 8.55. The highest BCUT2D eigenvalue weighted by atomic mass is 16.7. The molecule has 4 nitrogen and oxygen atoms in total. The first kappa shape index (κ1) is 6.07. The SMILES string of the molecule is CCOC(=O)[C]1OC1=O. The molecular weight excluding hydrogens is 124 g/mol. The third-order valence-electron chi connectivity index (χ3n) is 0.799. The van der Waals surface area contributed by atoms with Crippen LogP contribution in [-0.4, -0.2) is 18.5 Å². The van der Waals surface area contributed by atoms with Crippen molar-refractivity contribution < 1.29 is 19.1 Å². The van der Waals surface area contributed by atoms with Crippen LogP contribution in [-0.2, 0) is 19.1 Å². The Kier molecular flexibility index (Phi) is 1.38. The minimum Gasteiger partial charge on any atom is -0.462 e. The zero-order valence-corrected chi connectivity index (χ0v) is 4.84. The van der Waals surface area contributed by atoms with E-state index >= 15 is 0 Å². The summed E-state index contributed by atoms with van der Waals surface area (Å²) in [6.45, 7) is 1.92. The van der Waals surface area contributed by atoms with Crippen LogP contribution in [0, 0.1) is 6.10 Å². The number of carbonyl (C=O) groups excluding carboxylic acids is 2. The van der Waals surface area contributed by atoms with Crippen LogP contribution in [0.3, 0.4) is 0 Å². The Morgan fingerprint density at radius 1 is 1.78 bits per heavy atom. The number of cyclic esters (lactones) is 1. The van der Waals surface area contributed by atoms with Crippen molar-refractivity contribution in [3.8, 4) is 0 Å². The van der Waals surface area contributed by atoms with Gasteiger partial charge < -0.3 is 9.47 Å². The van der Waals surface area contributed by atoms with Gasteiger partial charge in [-0.05, 0) is 6.92 Å². The maximum atomic E-state index is 10.4. The smallest absolute Gasteiger partial charge is 0.370 e. The highest BCUT2D eigenvalue weighted by Gasteiger charge is 2.49. The average Bonchev–Trinajstić information content (AvgIpc) is 2.47. The van der Waals surface area contributed by atoms with Crippen LogP contribution in [0.5, 0.6) is 0 Å². The first-order chi connectivity index (χ1) is 4.25. The third-order valence-corrected chi connectivity index (χ3v) is 0.799. The van der Waals surface area contributed by atoms with E-state index in [1.165, 1.54) is 0 Å². The minimum absolute atomic E-state index is 0.183. The summed E-state index contributed by atoms with van der Waals surface area (Å²) in [7, 11) is 0. The molecule has 0 aromatic rings. The van der Waals surface area contributed by atoms with Crippen molar-refractivity contribution in [2.45, 2.75) is 6.92 Å². The molecule has 0 bridgehead atoms. The van der Waals surface area contributed by atoms with Gasteiger partial charge in [0.15, 0.2) is 0 Å². The van der Waals surface area contributed by atoms with Gasteiger partial charge in [-0.1, -0.05) is 0 Å². The highest BCUT2D eigenvalue weighted by molar-refractivity contribution is 6.18. The van der Waals surface area contributed by atoms with E-state index in [4.69, 9.17) is 0 Å². The zero-order valence-electron chi connectivity index (χ0n) is 4.84. The Morgan fingerprint density at radius 3 is 2.67 bits per heavy atom. The van der Waals surface area contributed by atoms with Crippen LogP contribution in [0.25, 0.3) is 0 Å². The van der Waals surface area contributed by atoms with E-state index in [2.05, 4.69) is 9.47 Å². The van der Waals surface area contributed by atoms with Crippen LogP contribution >= 0.6 is 0 Å². The summed E-state index contributed by atoms with van der Waals surface area (Å²) in [5.74, 6) is -1.24. The molecule has 1 saturated heterocycles. The van der Waals surface area contributed by atoms with Crippen molar-refractivity contribution in [1.29, 1.82) is 0 Å². The van der Waals surface area contributed by atoms with Crippen molar-refractivity contribution in [2.24, 2.45) is 0 Å². The molecule has 0 atom stereocenters. The topological polar surface area (TPSA) is 55.9 Å². The third kappa shape index (κ3) is 1.19. The van der Waals surface area contributed by atoms with Gasteiger partial charge in [0, 0.05) is 0 Å². The predicted octanol–water partition coefficient (Wildman–Crippen LogP) is -0.362. The summed E-state index contributed by atoms with van der Waals surface area (Å²) in [6.07, 6.45) is -0.183. The fourth-order valence-corrected chi connectivity index (χ4v) is 0.389. The summed E-state index contributed by atoms with van der Waals surface area (Å²) >= 11 is 0. The molecule has 0 spiro atoms. The van der Waals surface area contributed by atoms with Gasteiger partial charge in [-0.15, -0.1) is 0 Å². The second-order valence-corrected chi connectivity index (χ2v) is 1.44. The molecule has 49 valence electrons. The number of ether oxygens (including phenoxy) is 2. The molecule has 0 aromatic heterocycles. The van der Waals surface area contributed by atoms with Crippen molar-refractivity contribution in [1.82, 2.24) is 0 Å². The lowest BCUT2D eigenvalue weighted by molar-refractivity contribution is -0.141. The van der Waals surface area contributed by atoms with Gasteiger partial charge in [0.25, 0.3) is 0 Å². The summed E-state index contributed by atoms with van der Waals surface area (Å²) in [5, 5.41) is 0. The fraction of sp³-hybridized carbons (Fsp3) is 0.400. The predicted molar refractivity (Wildman–Crippen MR) is 26.0 cm³/mol. The molecule has 1 aliphatic rings. The minimum atomic E-state index is -0.664. The van der Waals surface area contributed by atoms with Crippen LogP contribution in [0.2, 0.25) is 0 Å². The second-order valence-electron chi connectivity index (χ2n) is 1.44. The molecule has 0 aromatic carbocycles. The molecule has 1 aliphatic heterocycles. The first-order valence-corrected chi connectivity index (χ1v) is 2.52. The quantitative estimate of drug-likeness (QED) is 0.377. The fourth-order valence-electron chi connectivity index (χ4n) is 0.389. The van der Waals surface area contributed by atoms with Crippen molar-refractivity contribution >= 4 is 11.9 Å². The molecule has 0 saturated carbocycles. The number of hydrogen-bond donors (Lipinski definition) is 0. The maximum Gasteiger partial charge on any atom is 0.370 e. The lowest BCUT2D eigenvalue weighted by Crippen LogP contribution is -2.05. The molecule has 0 aliphatic carbocycles. The van der Waals surface area contributed by atoms with Crippen molar-refractivity contribution in [2.75, 3.05) is 6.61 Å². The monoisotopic (exact) mass is 129 g/mol. The van der Waals surface area contributed by atoms with Gasteiger partial charge in [0.2, 0.25) is 0 Å². The van der Waals surface area contributed by atoms with Crippen LogP contribution in [0.15, 0.2) is 0 Å².